The highest BCUT2D eigenvalue weighted by atomic mass is 32.2. The number of carbonyl (C=O) groups is 1. The molecular weight excluding hydrogens is 266 g/mol. The third-order valence-electron chi connectivity index (χ3n) is 2.90. The van der Waals surface area contributed by atoms with Gasteiger partial charge in [-0.15, -0.1) is 23.1 Å². The second-order valence-corrected chi connectivity index (χ2v) is 6.23. The molecule has 0 spiro atoms. The van der Waals surface area contributed by atoms with E-state index in [1.54, 1.807) is 11.8 Å². The largest absolute Gasteiger partial charge is 0.396 e. The van der Waals surface area contributed by atoms with Crippen LogP contribution < -0.4 is 16.4 Å². The summed E-state index contributed by atoms with van der Waals surface area (Å²) in [7, 11) is 0. The normalized spacial score (nSPS) is 14.6. The van der Waals surface area contributed by atoms with Gasteiger partial charge in [-0.1, -0.05) is 0 Å². The van der Waals surface area contributed by atoms with Crippen molar-refractivity contribution in [3.8, 4) is 0 Å². The van der Waals surface area contributed by atoms with Gasteiger partial charge in [0.15, 0.2) is 0 Å². The van der Waals surface area contributed by atoms with Crippen LogP contribution in [0.3, 0.4) is 0 Å². The lowest BCUT2D eigenvalue weighted by Gasteiger charge is -2.04. The second kappa shape index (κ2) is 5.84. The molecule has 0 aliphatic heterocycles. The Balaban J connectivity index is 2.16. The number of amides is 1. The third-order valence-corrected chi connectivity index (χ3v) is 5.02. The number of anilines is 2. The van der Waals surface area contributed by atoms with Crippen LogP contribution in [0.15, 0.2) is 4.90 Å². The highest BCUT2D eigenvalue weighted by Gasteiger charge is 2.24. The van der Waals surface area contributed by atoms with Crippen LogP contribution in [0.2, 0.25) is 0 Å². The number of nitrogens with one attached hydrogen (secondary N) is 2. The van der Waals surface area contributed by atoms with Crippen LogP contribution in [0.4, 0.5) is 10.7 Å². The van der Waals surface area contributed by atoms with Crippen LogP contribution in [-0.4, -0.2) is 25.3 Å². The number of thiophene rings is 1. The maximum absolute atomic E-state index is 11.9. The minimum Gasteiger partial charge on any atom is -0.396 e. The smallest absolute Gasteiger partial charge is 0.263 e. The van der Waals surface area contributed by atoms with Crippen molar-refractivity contribution in [3.63, 3.8) is 0 Å². The van der Waals surface area contributed by atoms with Gasteiger partial charge in [-0.2, -0.15) is 0 Å². The third kappa shape index (κ3) is 2.92. The maximum Gasteiger partial charge on any atom is 0.263 e. The van der Waals surface area contributed by atoms with Crippen molar-refractivity contribution >= 4 is 39.7 Å². The van der Waals surface area contributed by atoms with Crippen molar-refractivity contribution in [3.05, 3.63) is 4.88 Å². The Bertz CT molecular complexity index is 441. The predicted octanol–water partition coefficient (Wildman–Crippen LogP) is 2.62. The predicted molar refractivity (Wildman–Crippen MR) is 79.7 cm³/mol. The molecular formula is C12H19N3OS2. The van der Waals surface area contributed by atoms with Gasteiger partial charge in [0.25, 0.3) is 5.91 Å². The van der Waals surface area contributed by atoms with Gasteiger partial charge in [0.1, 0.15) is 9.88 Å². The average Bonchev–Trinajstić information content (AvgIpc) is 3.11. The Morgan fingerprint density at radius 1 is 1.56 bits per heavy atom. The summed E-state index contributed by atoms with van der Waals surface area (Å²) in [6.07, 6.45) is 4.61. The van der Waals surface area contributed by atoms with Gasteiger partial charge in [-0.3, -0.25) is 4.79 Å². The van der Waals surface area contributed by atoms with Crippen LogP contribution in [0.5, 0.6) is 0 Å². The van der Waals surface area contributed by atoms with Crippen molar-refractivity contribution in [1.82, 2.24) is 5.32 Å². The van der Waals surface area contributed by atoms with Gasteiger partial charge in [-0.25, -0.2) is 0 Å². The number of rotatable bonds is 6. The molecule has 6 heteroatoms. The molecule has 4 N–H and O–H groups in total. The maximum atomic E-state index is 11.9. The monoisotopic (exact) mass is 285 g/mol. The summed E-state index contributed by atoms with van der Waals surface area (Å²) in [5.74, 6) is 0.728. The molecule has 0 bridgehead atoms. The molecule has 1 aliphatic rings. The fourth-order valence-corrected chi connectivity index (χ4v) is 3.67. The molecule has 0 aromatic carbocycles. The molecule has 0 atom stereocenters. The number of thioether (sulfide) groups is 1. The van der Waals surface area contributed by atoms with Gasteiger partial charge in [0.05, 0.1) is 10.6 Å². The molecule has 1 aliphatic carbocycles. The first kappa shape index (κ1) is 13.5. The summed E-state index contributed by atoms with van der Waals surface area (Å²) in [5.41, 5.74) is 6.66. The SMILES string of the molecule is CCNC(=O)c1sc(NCC2CC2)c(SC)c1N. The Morgan fingerprint density at radius 3 is 2.83 bits per heavy atom. The van der Waals surface area contributed by atoms with Crippen LogP contribution in [0.25, 0.3) is 0 Å². The molecule has 1 aromatic rings. The minimum atomic E-state index is -0.0743. The Hall–Kier alpha value is -0.880. The van der Waals surface area contributed by atoms with E-state index in [2.05, 4.69) is 10.6 Å². The molecule has 18 heavy (non-hydrogen) atoms. The van der Waals surface area contributed by atoms with Gasteiger partial charge in [0.2, 0.25) is 0 Å². The zero-order valence-electron chi connectivity index (χ0n) is 10.7. The van der Waals surface area contributed by atoms with E-state index in [4.69, 9.17) is 5.73 Å². The molecule has 1 amide bonds. The molecule has 0 radical (unpaired) electrons. The first-order valence-corrected chi connectivity index (χ1v) is 8.19. The second-order valence-electron chi connectivity index (χ2n) is 4.39. The summed E-state index contributed by atoms with van der Waals surface area (Å²) < 4.78 is 0. The van der Waals surface area contributed by atoms with E-state index in [1.807, 2.05) is 13.2 Å². The lowest BCUT2D eigenvalue weighted by atomic mass is 10.3. The first-order valence-electron chi connectivity index (χ1n) is 6.15. The van der Waals surface area contributed by atoms with Crippen molar-refractivity contribution in [2.75, 3.05) is 30.4 Å². The fraction of sp³-hybridized carbons (Fsp3) is 0.583. The Morgan fingerprint density at radius 2 is 2.28 bits per heavy atom. The summed E-state index contributed by atoms with van der Waals surface area (Å²) in [5, 5.41) is 7.26. The molecule has 1 heterocycles. The van der Waals surface area contributed by atoms with Crippen LogP contribution in [0.1, 0.15) is 29.4 Å². The Labute approximate surface area is 116 Å². The minimum absolute atomic E-state index is 0.0743. The molecule has 1 aromatic heterocycles. The topological polar surface area (TPSA) is 67.2 Å². The summed E-state index contributed by atoms with van der Waals surface area (Å²) in [6, 6.07) is 0. The number of hydrogen-bond donors (Lipinski definition) is 3. The van der Waals surface area contributed by atoms with E-state index in [0.717, 1.165) is 22.4 Å². The summed E-state index contributed by atoms with van der Waals surface area (Å²) >= 11 is 3.05. The van der Waals surface area contributed by atoms with Crippen LogP contribution >= 0.6 is 23.1 Å². The average molecular weight is 285 g/mol. The highest BCUT2D eigenvalue weighted by molar-refractivity contribution is 7.99. The first-order chi connectivity index (χ1) is 8.67. The van der Waals surface area contributed by atoms with Crippen molar-refractivity contribution in [2.24, 2.45) is 5.92 Å². The summed E-state index contributed by atoms with van der Waals surface area (Å²) in [6.45, 7) is 3.52. The zero-order chi connectivity index (χ0) is 13.1. The van der Waals surface area contributed by atoms with E-state index in [-0.39, 0.29) is 5.91 Å². The van der Waals surface area contributed by atoms with E-state index < -0.39 is 0 Å². The molecule has 0 unspecified atom stereocenters. The van der Waals surface area contributed by atoms with Crippen molar-refractivity contribution in [1.29, 1.82) is 0 Å². The van der Waals surface area contributed by atoms with Gasteiger partial charge in [0, 0.05) is 13.1 Å². The molecule has 1 saturated carbocycles. The number of carbonyl (C=O) groups excluding carboxylic acids is 1. The molecule has 100 valence electrons. The number of nitrogens with two attached hydrogens (primary N) is 1. The number of nitrogen functional groups attached to an aromatic ring is 1. The standard InChI is InChI=1S/C12H19N3OS2/c1-3-14-11(16)9-8(13)10(17-2)12(18-9)15-6-7-4-5-7/h7,15H,3-6,13H2,1-2H3,(H,14,16). The van der Waals surface area contributed by atoms with Crippen LogP contribution in [-0.2, 0) is 0 Å². The Kier molecular flexibility index (Phi) is 4.40. The quantitative estimate of drug-likeness (QED) is 0.703. The van der Waals surface area contributed by atoms with E-state index in [0.29, 0.717) is 17.1 Å². The van der Waals surface area contributed by atoms with Gasteiger partial charge < -0.3 is 16.4 Å². The van der Waals surface area contributed by atoms with Gasteiger partial charge in [-0.05, 0) is 31.9 Å². The van der Waals surface area contributed by atoms with Crippen molar-refractivity contribution < 1.29 is 4.79 Å². The highest BCUT2D eigenvalue weighted by Crippen LogP contribution is 2.42. The zero-order valence-corrected chi connectivity index (χ0v) is 12.3. The molecule has 0 saturated heterocycles. The van der Waals surface area contributed by atoms with Crippen LogP contribution in [0, 0.1) is 5.92 Å². The van der Waals surface area contributed by atoms with E-state index >= 15 is 0 Å². The van der Waals surface area contributed by atoms with Gasteiger partial charge >= 0.3 is 0 Å². The lowest BCUT2D eigenvalue weighted by Crippen LogP contribution is -2.22. The van der Waals surface area contributed by atoms with Crippen molar-refractivity contribution in [2.45, 2.75) is 24.7 Å². The molecule has 1 fully saturated rings. The number of hydrogen-bond acceptors (Lipinski definition) is 5. The van der Waals surface area contributed by atoms with E-state index in [1.165, 1.54) is 24.2 Å². The van der Waals surface area contributed by atoms with E-state index in [9.17, 15) is 4.79 Å². The molecule has 4 nitrogen and oxygen atoms in total. The molecule has 2 rings (SSSR count). The lowest BCUT2D eigenvalue weighted by molar-refractivity contribution is 0.0960. The fourth-order valence-electron chi connectivity index (χ4n) is 1.72. The summed E-state index contributed by atoms with van der Waals surface area (Å²) in [4.78, 5) is 13.5.